The maximum Gasteiger partial charge on any atom is 0.329 e. The van der Waals surface area contributed by atoms with E-state index in [1.165, 1.54) is 23.7 Å². The number of aromatic amines is 1. The molecule has 150 valence electrons. The molecule has 3 heterocycles. The number of hydrogen-bond donors (Lipinski definition) is 1. The minimum atomic E-state index is -0.640. The van der Waals surface area contributed by atoms with Gasteiger partial charge < -0.3 is 4.90 Å². The Balaban J connectivity index is 1.87. The van der Waals surface area contributed by atoms with Crippen molar-refractivity contribution < 1.29 is 9.18 Å². The molecular weight excluding hydrogens is 375 g/mol. The largest absolute Gasteiger partial charge is 0.332 e. The molecule has 1 saturated heterocycles. The smallest absolute Gasteiger partial charge is 0.329 e. The first kappa shape index (κ1) is 19.0. The molecule has 0 spiro atoms. The normalized spacial score (nSPS) is 16.9. The lowest BCUT2D eigenvalue weighted by atomic mass is 9.94. The third-order valence-corrected chi connectivity index (χ3v) is 5.43. The second kappa shape index (κ2) is 7.27. The number of benzene rings is 1. The van der Waals surface area contributed by atoms with Gasteiger partial charge in [0.15, 0.2) is 0 Å². The zero-order chi connectivity index (χ0) is 20.7. The number of carbonyl (C=O) groups excluding carboxylic acids is 1. The number of fused-ring (bicyclic) bond motifs is 1. The number of amides is 1. The number of aryl methyl sites for hydroxylation is 2. The standard InChI is InChI=1S/C21H21FN4O3/c1-12-10-15(17-18(23-12)25(2)21(29)24-19(17)27)20(28)26-9-4-3-8-16(26)13-6-5-7-14(22)11-13/h5-7,10-11,16H,3-4,8-9H2,1-2H3,(H,24,27,29). The van der Waals surface area contributed by atoms with Gasteiger partial charge in [0, 0.05) is 19.3 Å². The van der Waals surface area contributed by atoms with E-state index in [1.807, 2.05) is 6.07 Å². The van der Waals surface area contributed by atoms with Gasteiger partial charge in [0.1, 0.15) is 11.5 Å². The van der Waals surface area contributed by atoms with E-state index in [1.54, 1.807) is 24.0 Å². The molecule has 3 aromatic rings. The van der Waals surface area contributed by atoms with E-state index < -0.39 is 11.2 Å². The van der Waals surface area contributed by atoms with Gasteiger partial charge in [-0.3, -0.25) is 19.1 Å². The van der Waals surface area contributed by atoms with Crippen LogP contribution in [0.15, 0.2) is 39.9 Å². The van der Waals surface area contributed by atoms with Gasteiger partial charge in [-0.2, -0.15) is 0 Å². The molecule has 0 radical (unpaired) electrons. The number of aromatic nitrogens is 3. The molecule has 1 aliphatic rings. The first-order chi connectivity index (χ1) is 13.9. The van der Waals surface area contributed by atoms with Crippen molar-refractivity contribution in [3.63, 3.8) is 0 Å². The van der Waals surface area contributed by atoms with Gasteiger partial charge in [-0.05, 0) is 49.9 Å². The Labute approximate surface area is 165 Å². The highest BCUT2D eigenvalue weighted by Crippen LogP contribution is 2.33. The van der Waals surface area contributed by atoms with Crippen molar-refractivity contribution >= 4 is 16.9 Å². The lowest BCUT2D eigenvalue weighted by Gasteiger charge is -2.36. The van der Waals surface area contributed by atoms with Crippen LogP contribution in [0.2, 0.25) is 0 Å². The Morgan fingerprint density at radius 1 is 1.24 bits per heavy atom. The maximum absolute atomic E-state index is 13.8. The Hall–Kier alpha value is -3.29. The SMILES string of the molecule is Cc1cc(C(=O)N2CCCCC2c2cccc(F)c2)c2c(=O)[nH]c(=O)n(C)c2n1. The van der Waals surface area contributed by atoms with Crippen LogP contribution in [0.25, 0.3) is 11.0 Å². The monoisotopic (exact) mass is 396 g/mol. The van der Waals surface area contributed by atoms with Gasteiger partial charge >= 0.3 is 5.69 Å². The molecule has 8 heteroatoms. The van der Waals surface area contributed by atoms with E-state index in [-0.39, 0.29) is 34.4 Å². The van der Waals surface area contributed by atoms with Crippen molar-refractivity contribution in [1.29, 1.82) is 0 Å². The fourth-order valence-corrected chi connectivity index (χ4v) is 4.02. The predicted octanol–water partition coefficient (Wildman–Crippen LogP) is 2.44. The van der Waals surface area contributed by atoms with Crippen LogP contribution < -0.4 is 11.2 Å². The molecule has 1 N–H and O–H groups in total. The summed E-state index contributed by atoms with van der Waals surface area (Å²) in [6.07, 6.45) is 2.47. The summed E-state index contributed by atoms with van der Waals surface area (Å²) in [6, 6.07) is 7.56. The van der Waals surface area contributed by atoms with Crippen LogP contribution in [0.1, 0.15) is 46.9 Å². The van der Waals surface area contributed by atoms with E-state index in [9.17, 15) is 18.8 Å². The number of H-pyrrole nitrogens is 1. The molecule has 1 fully saturated rings. The summed E-state index contributed by atoms with van der Waals surface area (Å²) in [4.78, 5) is 46.3. The van der Waals surface area contributed by atoms with Crippen LogP contribution in [0.5, 0.6) is 0 Å². The summed E-state index contributed by atoms with van der Waals surface area (Å²) in [6.45, 7) is 2.22. The molecule has 1 aromatic carbocycles. The lowest BCUT2D eigenvalue weighted by Crippen LogP contribution is -2.39. The quantitative estimate of drug-likeness (QED) is 0.721. The number of nitrogens with zero attached hydrogens (tertiary/aromatic N) is 3. The van der Waals surface area contributed by atoms with Gasteiger partial charge in [0.2, 0.25) is 0 Å². The van der Waals surface area contributed by atoms with Crippen LogP contribution >= 0.6 is 0 Å². The molecule has 0 bridgehead atoms. The van der Waals surface area contributed by atoms with Crippen molar-refractivity contribution in [2.45, 2.75) is 32.2 Å². The average molecular weight is 396 g/mol. The first-order valence-corrected chi connectivity index (χ1v) is 9.54. The molecule has 4 rings (SSSR count). The Bertz CT molecular complexity index is 1230. The third kappa shape index (κ3) is 3.35. The fourth-order valence-electron chi connectivity index (χ4n) is 4.02. The third-order valence-electron chi connectivity index (χ3n) is 5.43. The first-order valence-electron chi connectivity index (χ1n) is 9.54. The Morgan fingerprint density at radius 2 is 2.03 bits per heavy atom. The van der Waals surface area contributed by atoms with Gasteiger partial charge in [-0.25, -0.2) is 14.2 Å². The summed E-state index contributed by atoms with van der Waals surface area (Å²) in [5.74, 6) is -0.671. The molecule has 1 aliphatic heterocycles. The van der Waals surface area contributed by atoms with Crippen LogP contribution in [0.4, 0.5) is 4.39 Å². The minimum absolute atomic E-state index is 0.0891. The molecule has 1 atom stereocenters. The van der Waals surface area contributed by atoms with Crippen molar-refractivity contribution in [3.8, 4) is 0 Å². The number of carbonyl (C=O) groups is 1. The zero-order valence-electron chi connectivity index (χ0n) is 16.2. The molecule has 7 nitrogen and oxygen atoms in total. The highest BCUT2D eigenvalue weighted by molar-refractivity contribution is 6.05. The van der Waals surface area contributed by atoms with Crippen molar-refractivity contribution in [2.75, 3.05) is 6.54 Å². The minimum Gasteiger partial charge on any atom is -0.332 e. The lowest BCUT2D eigenvalue weighted by molar-refractivity contribution is 0.0613. The van der Waals surface area contributed by atoms with Crippen LogP contribution in [-0.4, -0.2) is 31.9 Å². The number of pyridine rings is 1. The van der Waals surface area contributed by atoms with E-state index in [0.717, 1.165) is 18.4 Å². The van der Waals surface area contributed by atoms with Crippen molar-refractivity contribution in [2.24, 2.45) is 7.05 Å². The predicted molar refractivity (Wildman–Crippen MR) is 106 cm³/mol. The van der Waals surface area contributed by atoms with Gasteiger partial charge in [-0.1, -0.05) is 12.1 Å². The van der Waals surface area contributed by atoms with E-state index in [2.05, 4.69) is 9.97 Å². The zero-order valence-corrected chi connectivity index (χ0v) is 16.2. The number of rotatable bonds is 2. The van der Waals surface area contributed by atoms with Crippen LogP contribution in [0.3, 0.4) is 0 Å². The maximum atomic E-state index is 13.8. The fraction of sp³-hybridized carbons (Fsp3) is 0.333. The van der Waals surface area contributed by atoms with Crippen LogP contribution in [-0.2, 0) is 7.05 Å². The van der Waals surface area contributed by atoms with E-state index in [4.69, 9.17) is 0 Å². The Kier molecular flexibility index (Phi) is 4.77. The number of nitrogens with one attached hydrogen (secondary N) is 1. The number of piperidine rings is 1. The van der Waals surface area contributed by atoms with Gasteiger partial charge in [-0.15, -0.1) is 0 Å². The summed E-state index contributed by atoms with van der Waals surface area (Å²) in [5.41, 5.74) is 0.400. The van der Waals surface area contributed by atoms with Gasteiger partial charge in [0.05, 0.1) is 17.0 Å². The number of likely N-dealkylation sites (tertiary alicyclic amines) is 1. The van der Waals surface area contributed by atoms with Crippen LogP contribution in [0, 0.1) is 12.7 Å². The second-order valence-electron chi connectivity index (χ2n) is 7.39. The molecule has 0 aliphatic carbocycles. The van der Waals surface area contributed by atoms with E-state index in [0.29, 0.717) is 18.7 Å². The molecule has 1 amide bonds. The molecule has 2 aromatic heterocycles. The van der Waals surface area contributed by atoms with Crippen molar-refractivity contribution in [3.05, 3.63) is 73.8 Å². The summed E-state index contributed by atoms with van der Waals surface area (Å²) in [7, 11) is 1.50. The number of hydrogen-bond acceptors (Lipinski definition) is 4. The number of halogens is 1. The Morgan fingerprint density at radius 3 is 2.79 bits per heavy atom. The van der Waals surface area contributed by atoms with Crippen molar-refractivity contribution in [1.82, 2.24) is 19.4 Å². The molecule has 0 saturated carbocycles. The van der Waals surface area contributed by atoms with E-state index >= 15 is 0 Å². The average Bonchev–Trinajstić information content (AvgIpc) is 2.71. The summed E-state index contributed by atoms with van der Waals surface area (Å²) in [5, 5.41) is 0.0891. The second-order valence-corrected chi connectivity index (χ2v) is 7.39. The molecule has 1 unspecified atom stereocenters. The molecular formula is C21H21FN4O3. The summed E-state index contributed by atoms with van der Waals surface area (Å²) >= 11 is 0. The highest BCUT2D eigenvalue weighted by atomic mass is 19.1. The topological polar surface area (TPSA) is 88.1 Å². The highest BCUT2D eigenvalue weighted by Gasteiger charge is 2.31. The summed E-state index contributed by atoms with van der Waals surface area (Å²) < 4.78 is 15.0. The molecule has 29 heavy (non-hydrogen) atoms. The van der Waals surface area contributed by atoms with Gasteiger partial charge in [0.25, 0.3) is 11.5 Å².